The van der Waals surface area contributed by atoms with Gasteiger partial charge in [-0.1, -0.05) is 13.8 Å². The number of rotatable bonds is 7. The van der Waals surface area contributed by atoms with Crippen LogP contribution in [0.3, 0.4) is 0 Å². The molecule has 1 saturated heterocycles. The zero-order valence-corrected chi connectivity index (χ0v) is 18.8. The predicted octanol–water partition coefficient (Wildman–Crippen LogP) is 1.94. The predicted molar refractivity (Wildman–Crippen MR) is 115 cm³/mol. The average Bonchev–Trinajstić information content (AvgIpc) is 3.04. The summed E-state index contributed by atoms with van der Waals surface area (Å²) in [5, 5.41) is 21.5. The molecule has 2 rings (SSSR count). The molecule has 1 aromatic rings. The molecule has 1 fully saturated rings. The normalized spacial score (nSPS) is 24.1. The van der Waals surface area contributed by atoms with E-state index in [4.69, 9.17) is 4.99 Å². The first kappa shape index (κ1) is 22.7. The highest BCUT2D eigenvalue weighted by molar-refractivity contribution is 5.79. The summed E-state index contributed by atoms with van der Waals surface area (Å²) in [6.45, 7) is 17.2. The Hall–Kier alpha value is -1.60. The SMILES string of the molecule is CCNC(=NCC(C)(C)N1CC(C)CC(C)C1)NCC(C)(O)c1cnn(C)c1. The van der Waals surface area contributed by atoms with E-state index >= 15 is 0 Å². The highest BCUT2D eigenvalue weighted by Crippen LogP contribution is 2.27. The van der Waals surface area contributed by atoms with Gasteiger partial charge in [0.25, 0.3) is 0 Å². The van der Waals surface area contributed by atoms with Crippen LogP contribution in [-0.4, -0.2) is 64.0 Å². The zero-order valence-electron chi connectivity index (χ0n) is 18.8. The third-order valence-electron chi connectivity index (χ3n) is 5.62. The number of nitrogens with one attached hydrogen (secondary N) is 2. The quantitative estimate of drug-likeness (QED) is 0.488. The van der Waals surface area contributed by atoms with Crippen LogP contribution in [0.2, 0.25) is 0 Å². The van der Waals surface area contributed by atoms with Gasteiger partial charge in [0, 0.05) is 44.0 Å². The Morgan fingerprint density at radius 1 is 1.25 bits per heavy atom. The van der Waals surface area contributed by atoms with Gasteiger partial charge in [0.2, 0.25) is 0 Å². The summed E-state index contributed by atoms with van der Waals surface area (Å²) in [4.78, 5) is 7.41. The van der Waals surface area contributed by atoms with Crippen molar-refractivity contribution in [2.45, 2.75) is 59.1 Å². The molecule has 0 radical (unpaired) electrons. The highest BCUT2D eigenvalue weighted by atomic mass is 16.3. The topological polar surface area (TPSA) is 77.7 Å². The molecule has 0 bridgehead atoms. The maximum Gasteiger partial charge on any atom is 0.191 e. The molecule has 3 unspecified atom stereocenters. The Morgan fingerprint density at radius 2 is 1.89 bits per heavy atom. The first-order chi connectivity index (χ1) is 13.0. The molecule has 1 aliphatic rings. The Bertz CT molecular complexity index is 641. The van der Waals surface area contributed by atoms with Gasteiger partial charge < -0.3 is 15.7 Å². The number of aromatic nitrogens is 2. The molecule has 0 aromatic carbocycles. The number of nitrogens with zero attached hydrogens (tertiary/aromatic N) is 4. The molecule has 2 heterocycles. The van der Waals surface area contributed by atoms with Gasteiger partial charge in [-0.25, -0.2) is 0 Å². The van der Waals surface area contributed by atoms with Crippen molar-refractivity contribution < 1.29 is 5.11 Å². The van der Waals surface area contributed by atoms with Crippen LogP contribution >= 0.6 is 0 Å². The van der Waals surface area contributed by atoms with Crippen LogP contribution in [0.4, 0.5) is 0 Å². The number of likely N-dealkylation sites (tertiary alicyclic amines) is 1. The monoisotopic (exact) mass is 392 g/mol. The summed E-state index contributed by atoms with van der Waals surface area (Å²) >= 11 is 0. The number of guanidine groups is 1. The van der Waals surface area contributed by atoms with Crippen molar-refractivity contribution in [3.8, 4) is 0 Å². The van der Waals surface area contributed by atoms with Gasteiger partial charge in [-0.3, -0.25) is 14.6 Å². The van der Waals surface area contributed by atoms with Crippen molar-refractivity contribution in [2.75, 3.05) is 32.7 Å². The third kappa shape index (κ3) is 6.21. The fraction of sp³-hybridized carbons (Fsp3) is 0.810. The molecule has 160 valence electrons. The summed E-state index contributed by atoms with van der Waals surface area (Å²) in [5.41, 5.74) is -0.232. The zero-order chi connectivity index (χ0) is 20.9. The largest absolute Gasteiger partial charge is 0.383 e. The number of aryl methyl sites for hydroxylation is 1. The van der Waals surface area contributed by atoms with Crippen LogP contribution < -0.4 is 10.6 Å². The van der Waals surface area contributed by atoms with Gasteiger partial charge in [-0.05, 0) is 46.0 Å². The summed E-state index contributed by atoms with van der Waals surface area (Å²) in [5.74, 6) is 2.19. The molecule has 7 nitrogen and oxygen atoms in total. The van der Waals surface area contributed by atoms with Gasteiger partial charge in [0.15, 0.2) is 5.96 Å². The Morgan fingerprint density at radius 3 is 2.43 bits per heavy atom. The van der Waals surface area contributed by atoms with E-state index in [9.17, 15) is 5.11 Å². The lowest BCUT2D eigenvalue weighted by atomic mass is 9.88. The van der Waals surface area contributed by atoms with Crippen molar-refractivity contribution in [2.24, 2.45) is 23.9 Å². The van der Waals surface area contributed by atoms with E-state index in [0.29, 0.717) is 13.1 Å². The second-order valence-corrected chi connectivity index (χ2v) is 9.39. The Kier molecular flexibility index (Phi) is 7.51. The lowest BCUT2D eigenvalue weighted by molar-refractivity contribution is 0.0510. The van der Waals surface area contributed by atoms with Crippen LogP contribution in [0, 0.1) is 11.8 Å². The van der Waals surface area contributed by atoms with Crippen LogP contribution in [0.5, 0.6) is 0 Å². The maximum atomic E-state index is 10.8. The Balaban J connectivity index is 2.00. The summed E-state index contributed by atoms with van der Waals surface area (Å²) in [6.07, 6.45) is 4.85. The van der Waals surface area contributed by atoms with Crippen LogP contribution in [0.25, 0.3) is 0 Å². The van der Waals surface area contributed by atoms with E-state index < -0.39 is 5.60 Å². The number of piperidine rings is 1. The van der Waals surface area contributed by atoms with E-state index in [1.165, 1.54) is 6.42 Å². The van der Waals surface area contributed by atoms with Gasteiger partial charge in [0.1, 0.15) is 5.60 Å². The molecular formula is C21H40N6O. The van der Waals surface area contributed by atoms with Gasteiger partial charge in [0.05, 0.1) is 19.3 Å². The lowest BCUT2D eigenvalue weighted by Gasteiger charge is -2.44. The van der Waals surface area contributed by atoms with Gasteiger partial charge in [-0.2, -0.15) is 5.10 Å². The molecule has 0 amide bonds. The number of aliphatic imine (C=N–C) groups is 1. The van der Waals surface area contributed by atoms with E-state index in [0.717, 1.165) is 43.0 Å². The molecular weight excluding hydrogens is 352 g/mol. The van der Waals surface area contributed by atoms with E-state index in [-0.39, 0.29) is 5.54 Å². The smallest absolute Gasteiger partial charge is 0.191 e. The summed E-state index contributed by atoms with van der Waals surface area (Å²) < 4.78 is 1.70. The average molecular weight is 393 g/mol. The van der Waals surface area contributed by atoms with Gasteiger partial charge >= 0.3 is 0 Å². The van der Waals surface area contributed by atoms with E-state index in [1.807, 2.05) is 13.2 Å². The minimum atomic E-state index is -1.02. The molecule has 1 aliphatic heterocycles. The second-order valence-electron chi connectivity index (χ2n) is 9.39. The minimum absolute atomic E-state index is 0.00282. The Labute approximate surface area is 170 Å². The van der Waals surface area contributed by atoms with Gasteiger partial charge in [-0.15, -0.1) is 0 Å². The highest BCUT2D eigenvalue weighted by Gasteiger charge is 2.32. The van der Waals surface area contributed by atoms with Crippen LogP contribution in [0.15, 0.2) is 17.4 Å². The standard InChI is InChI=1S/C21H40N6O/c1-8-22-19(24-15-21(6,28)18-10-25-26(7)13-18)23-14-20(4,5)27-11-16(2)9-17(3)12-27/h10,13,16-17,28H,8-9,11-12,14-15H2,1-7H3,(H2,22,23,24). The second kappa shape index (κ2) is 9.27. The molecule has 3 atom stereocenters. The fourth-order valence-electron chi connectivity index (χ4n) is 3.93. The van der Waals surface area contributed by atoms with Crippen molar-refractivity contribution in [3.05, 3.63) is 18.0 Å². The first-order valence-electron chi connectivity index (χ1n) is 10.5. The van der Waals surface area contributed by atoms with Crippen molar-refractivity contribution in [3.63, 3.8) is 0 Å². The van der Waals surface area contributed by atoms with Crippen LogP contribution in [0.1, 0.15) is 53.5 Å². The van der Waals surface area contributed by atoms with E-state index in [1.54, 1.807) is 17.8 Å². The summed E-state index contributed by atoms with van der Waals surface area (Å²) in [6, 6.07) is 0. The molecule has 0 aliphatic carbocycles. The molecule has 0 saturated carbocycles. The van der Waals surface area contributed by atoms with E-state index in [2.05, 4.69) is 55.3 Å². The molecule has 1 aromatic heterocycles. The first-order valence-corrected chi connectivity index (χ1v) is 10.5. The fourth-order valence-corrected chi connectivity index (χ4v) is 3.93. The number of hydrogen-bond donors (Lipinski definition) is 3. The minimum Gasteiger partial charge on any atom is -0.383 e. The molecule has 0 spiro atoms. The number of hydrogen-bond acceptors (Lipinski definition) is 4. The third-order valence-corrected chi connectivity index (χ3v) is 5.62. The summed E-state index contributed by atoms with van der Waals surface area (Å²) in [7, 11) is 1.85. The van der Waals surface area contributed by atoms with Crippen molar-refractivity contribution in [1.29, 1.82) is 0 Å². The number of aliphatic hydroxyl groups is 1. The lowest BCUT2D eigenvalue weighted by Crippen LogP contribution is -2.53. The van der Waals surface area contributed by atoms with Crippen molar-refractivity contribution in [1.82, 2.24) is 25.3 Å². The molecule has 3 N–H and O–H groups in total. The molecule has 7 heteroatoms. The molecule has 28 heavy (non-hydrogen) atoms. The maximum absolute atomic E-state index is 10.8. The van der Waals surface area contributed by atoms with Crippen LogP contribution in [-0.2, 0) is 12.6 Å². The van der Waals surface area contributed by atoms with Crippen molar-refractivity contribution >= 4 is 5.96 Å².